The number of carbonyl (C=O) groups is 4. The fraction of sp³-hybridized carbons (Fsp3) is 0.317. The van der Waals surface area contributed by atoms with E-state index in [0.717, 1.165) is 23.8 Å². The third-order valence-corrected chi connectivity index (χ3v) is 8.59. The molecule has 0 saturated heterocycles. The molecule has 4 rings (SSSR count). The van der Waals surface area contributed by atoms with E-state index in [-0.39, 0.29) is 29.1 Å². The minimum atomic E-state index is -4.65. The Morgan fingerprint density at radius 2 is 1.32 bits per heavy atom. The van der Waals surface area contributed by atoms with Crippen LogP contribution in [0.2, 0.25) is 0 Å². The summed E-state index contributed by atoms with van der Waals surface area (Å²) in [7, 11) is 0. The second kappa shape index (κ2) is 18.2. The highest BCUT2D eigenvalue weighted by Gasteiger charge is 2.40. The number of hydrogen-bond acceptors (Lipinski definition) is 6. The lowest BCUT2D eigenvalue weighted by molar-refractivity contribution is -0.139. The molecule has 12 heteroatoms. The van der Waals surface area contributed by atoms with E-state index in [1.807, 2.05) is 0 Å². The van der Waals surface area contributed by atoms with Crippen molar-refractivity contribution in [2.24, 2.45) is 0 Å². The van der Waals surface area contributed by atoms with E-state index in [0.29, 0.717) is 23.5 Å². The quantitative estimate of drug-likeness (QED) is 0.0632. The molecular weight excluding hydrogens is 689 g/mol. The summed E-state index contributed by atoms with van der Waals surface area (Å²) in [5.41, 5.74) is -1.39. The number of carbonyl (C=O) groups excluding carboxylic acids is 3. The van der Waals surface area contributed by atoms with Crippen molar-refractivity contribution in [1.29, 1.82) is 0 Å². The molecule has 9 nitrogen and oxygen atoms in total. The van der Waals surface area contributed by atoms with E-state index in [9.17, 15) is 37.5 Å². The number of aliphatic carboxylic acids is 1. The number of carboxylic acids is 1. The molecule has 0 bridgehead atoms. The monoisotopic (exact) mass is 732 g/mol. The number of halogens is 3. The number of nitrogens with zero attached hydrogens (tertiary/aromatic N) is 1. The summed E-state index contributed by atoms with van der Waals surface area (Å²) >= 11 is 0. The molecule has 280 valence electrons. The maximum absolute atomic E-state index is 13.6. The number of amides is 2. The molecule has 2 N–H and O–H groups in total. The standard InChI is InChI=1S/C41H43F3N2O7/c1-4-5-6-7-10-25-52-32-23-17-30(18-24-32)38(50)53-33-21-13-28(14-22-33)26-46(27-36(47)48)37(49)29-15-19-31(20-16-29)45-39(51)40(2,3)34-11-8-9-12-35(34)41(42,43)44/h8-9,11-24H,4-7,10,25-27H2,1-3H3,(H,45,51)(H,47,48). The zero-order valence-electron chi connectivity index (χ0n) is 29.9. The predicted molar refractivity (Wildman–Crippen MR) is 194 cm³/mol. The van der Waals surface area contributed by atoms with Gasteiger partial charge in [0.05, 0.1) is 23.1 Å². The summed E-state index contributed by atoms with van der Waals surface area (Å²) in [6.45, 7) is 4.85. The molecule has 4 aromatic carbocycles. The van der Waals surface area contributed by atoms with Crippen LogP contribution in [0.3, 0.4) is 0 Å². The zero-order chi connectivity index (χ0) is 38.6. The first-order chi connectivity index (χ1) is 25.2. The van der Waals surface area contributed by atoms with Crippen molar-refractivity contribution in [3.05, 3.63) is 125 Å². The van der Waals surface area contributed by atoms with E-state index in [1.54, 1.807) is 48.5 Å². The van der Waals surface area contributed by atoms with Crippen LogP contribution in [0.5, 0.6) is 11.5 Å². The average molecular weight is 733 g/mol. The van der Waals surface area contributed by atoms with Crippen LogP contribution < -0.4 is 14.8 Å². The summed E-state index contributed by atoms with van der Waals surface area (Å²) in [4.78, 5) is 52.0. The van der Waals surface area contributed by atoms with Crippen LogP contribution in [0, 0.1) is 0 Å². The van der Waals surface area contributed by atoms with E-state index in [1.165, 1.54) is 75.6 Å². The summed E-state index contributed by atoms with van der Waals surface area (Å²) in [5.74, 6) is -2.19. The molecule has 2 amide bonds. The van der Waals surface area contributed by atoms with Gasteiger partial charge in [-0.3, -0.25) is 14.4 Å². The Morgan fingerprint density at radius 1 is 0.736 bits per heavy atom. The first kappa shape index (κ1) is 40.1. The van der Waals surface area contributed by atoms with Gasteiger partial charge in [-0.1, -0.05) is 62.9 Å². The molecule has 0 saturated carbocycles. The van der Waals surface area contributed by atoms with Gasteiger partial charge in [0, 0.05) is 17.8 Å². The average Bonchev–Trinajstić information content (AvgIpc) is 3.13. The first-order valence-electron chi connectivity index (χ1n) is 17.3. The first-order valence-corrected chi connectivity index (χ1v) is 17.3. The van der Waals surface area contributed by atoms with Crippen molar-refractivity contribution < 1.29 is 46.9 Å². The lowest BCUT2D eigenvalue weighted by Gasteiger charge is -2.27. The number of esters is 1. The van der Waals surface area contributed by atoms with Crippen LogP contribution in [-0.2, 0) is 27.7 Å². The molecule has 0 fully saturated rings. The lowest BCUT2D eigenvalue weighted by Crippen LogP contribution is -2.36. The van der Waals surface area contributed by atoms with E-state index in [4.69, 9.17) is 9.47 Å². The highest BCUT2D eigenvalue weighted by molar-refractivity contribution is 6.00. The van der Waals surface area contributed by atoms with Crippen molar-refractivity contribution in [3.63, 3.8) is 0 Å². The van der Waals surface area contributed by atoms with Crippen LogP contribution in [0.25, 0.3) is 0 Å². The van der Waals surface area contributed by atoms with Gasteiger partial charge >= 0.3 is 18.1 Å². The van der Waals surface area contributed by atoms with Crippen LogP contribution in [0.4, 0.5) is 18.9 Å². The van der Waals surface area contributed by atoms with Gasteiger partial charge in [0.15, 0.2) is 0 Å². The summed E-state index contributed by atoms with van der Waals surface area (Å²) in [6, 6.07) is 23.4. The molecule has 0 radical (unpaired) electrons. The molecule has 4 aromatic rings. The Kier molecular flexibility index (Phi) is 13.8. The highest BCUT2D eigenvalue weighted by atomic mass is 19.4. The second-order valence-electron chi connectivity index (χ2n) is 13.1. The van der Waals surface area contributed by atoms with Gasteiger partial charge < -0.3 is 24.8 Å². The summed E-state index contributed by atoms with van der Waals surface area (Å²) in [5, 5.41) is 12.1. The Morgan fingerprint density at radius 3 is 1.92 bits per heavy atom. The number of nitrogens with one attached hydrogen (secondary N) is 1. The van der Waals surface area contributed by atoms with Crippen molar-refractivity contribution in [2.75, 3.05) is 18.5 Å². The number of unbranched alkanes of at least 4 members (excludes halogenated alkanes) is 4. The van der Waals surface area contributed by atoms with Crippen LogP contribution in [-0.4, -0.2) is 46.9 Å². The van der Waals surface area contributed by atoms with Crippen molar-refractivity contribution in [3.8, 4) is 11.5 Å². The lowest BCUT2D eigenvalue weighted by atomic mass is 9.80. The van der Waals surface area contributed by atoms with Crippen molar-refractivity contribution in [1.82, 2.24) is 4.90 Å². The normalized spacial score (nSPS) is 11.4. The SMILES string of the molecule is CCCCCCCOc1ccc(C(=O)Oc2ccc(CN(CC(=O)O)C(=O)c3ccc(NC(=O)C(C)(C)c4ccccc4C(F)(F)F)cc3)cc2)cc1. The second-order valence-corrected chi connectivity index (χ2v) is 13.1. The number of benzene rings is 4. The minimum Gasteiger partial charge on any atom is -0.494 e. The van der Waals surface area contributed by atoms with Crippen molar-refractivity contribution >= 4 is 29.4 Å². The maximum Gasteiger partial charge on any atom is 0.416 e. The third kappa shape index (κ3) is 11.4. The van der Waals surface area contributed by atoms with Gasteiger partial charge in [0.25, 0.3) is 5.91 Å². The fourth-order valence-electron chi connectivity index (χ4n) is 5.56. The van der Waals surface area contributed by atoms with Gasteiger partial charge in [-0.15, -0.1) is 0 Å². The smallest absolute Gasteiger partial charge is 0.416 e. The third-order valence-electron chi connectivity index (χ3n) is 8.59. The largest absolute Gasteiger partial charge is 0.494 e. The molecule has 0 unspecified atom stereocenters. The maximum atomic E-state index is 13.6. The Balaban J connectivity index is 1.35. The van der Waals surface area contributed by atoms with Gasteiger partial charge in [-0.2, -0.15) is 13.2 Å². The molecule has 0 aliphatic carbocycles. The van der Waals surface area contributed by atoms with Crippen LogP contribution in [0.1, 0.15) is 90.3 Å². The van der Waals surface area contributed by atoms with E-state index < -0.39 is 47.5 Å². The van der Waals surface area contributed by atoms with Crippen LogP contribution >= 0.6 is 0 Å². The van der Waals surface area contributed by atoms with Crippen molar-refractivity contribution in [2.45, 2.75) is 71.0 Å². The summed E-state index contributed by atoms with van der Waals surface area (Å²) in [6.07, 6.45) is 1.00. The zero-order valence-corrected chi connectivity index (χ0v) is 29.9. The topological polar surface area (TPSA) is 122 Å². The Labute approximate surface area is 306 Å². The molecule has 0 spiro atoms. The molecular formula is C41H43F3N2O7. The Hall–Kier alpha value is -5.65. The molecule has 53 heavy (non-hydrogen) atoms. The fourth-order valence-corrected chi connectivity index (χ4v) is 5.56. The van der Waals surface area contributed by atoms with Gasteiger partial charge in [0.1, 0.15) is 18.0 Å². The van der Waals surface area contributed by atoms with E-state index in [2.05, 4.69) is 12.2 Å². The number of hydrogen-bond donors (Lipinski definition) is 2. The number of carboxylic acid groups (broad SMARTS) is 1. The number of alkyl halides is 3. The minimum absolute atomic E-state index is 0.0787. The number of rotatable bonds is 17. The van der Waals surface area contributed by atoms with Gasteiger partial charge in [-0.05, 0) is 98.1 Å². The van der Waals surface area contributed by atoms with Crippen LogP contribution in [0.15, 0.2) is 97.1 Å². The number of anilines is 1. The Bertz CT molecular complexity index is 1860. The molecule has 0 aliphatic heterocycles. The molecule has 0 aromatic heterocycles. The highest BCUT2D eigenvalue weighted by Crippen LogP contribution is 2.38. The number of ether oxygens (including phenoxy) is 2. The molecule has 0 atom stereocenters. The van der Waals surface area contributed by atoms with Gasteiger partial charge in [0.2, 0.25) is 5.91 Å². The molecule has 0 aliphatic rings. The van der Waals surface area contributed by atoms with Gasteiger partial charge in [-0.25, -0.2) is 4.79 Å². The summed E-state index contributed by atoms with van der Waals surface area (Å²) < 4.78 is 52.1. The van der Waals surface area contributed by atoms with E-state index >= 15 is 0 Å². The molecule has 0 heterocycles. The predicted octanol–water partition coefficient (Wildman–Crippen LogP) is 8.92.